The number of hydrogen-bond acceptors (Lipinski definition) is 4. The van der Waals surface area contributed by atoms with Crippen molar-refractivity contribution in [2.45, 2.75) is 13.8 Å². The second-order valence-corrected chi connectivity index (χ2v) is 3.73. The van der Waals surface area contributed by atoms with E-state index >= 15 is 0 Å². The highest BCUT2D eigenvalue weighted by Crippen LogP contribution is 2.37. The summed E-state index contributed by atoms with van der Waals surface area (Å²) in [6.45, 7) is 3.62. The summed E-state index contributed by atoms with van der Waals surface area (Å²) in [5.41, 5.74) is 2.70. The molecule has 0 N–H and O–H groups in total. The number of nitrogens with zero attached hydrogens (tertiary/aromatic N) is 2. The Labute approximate surface area is 104 Å². The number of aliphatic imine (C=N–C) groups is 2. The normalized spacial score (nSPS) is 11.2. The van der Waals surface area contributed by atoms with Crippen molar-refractivity contribution < 1.29 is 9.59 Å². The zero-order valence-electron chi connectivity index (χ0n) is 9.48. The maximum Gasteiger partial charge on any atom is 0.161 e. The summed E-state index contributed by atoms with van der Waals surface area (Å²) in [4.78, 5) is 28.5. The van der Waals surface area contributed by atoms with Crippen molar-refractivity contribution in [2.24, 2.45) is 9.98 Å². The predicted octanol–water partition coefficient (Wildman–Crippen LogP) is 2.76. The van der Waals surface area contributed by atoms with Gasteiger partial charge in [0.05, 0.1) is 28.8 Å². The van der Waals surface area contributed by atoms with Gasteiger partial charge in [0.15, 0.2) is 12.6 Å². The first-order valence-electron chi connectivity index (χ1n) is 4.87. The molecule has 0 saturated heterocycles. The summed E-state index contributed by atoms with van der Waals surface area (Å²) in [5.74, 6) is 0. The fourth-order valence-corrected chi connectivity index (χ4v) is 1.84. The SMILES string of the molecule is Cc1cc(Cl)c(N=CC=O)c(C)c1N=CC=O. The lowest BCUT2D eigenvalue weighted by molar-refractivity contribution is -0.103. The molecule has 1 aromatic rings. The van der Waals surface area contributed by atoms with Crippen molar-refractivity contribution in [3.8, 4) is 0 Å². The molecular weight excluding hydrogens is 240 g/mol. The van der Waals surface area contributed by atoms with Crippen LogP contribution in [0.15, 0.2) is 16.1 Å². The number of aldehydes is 2. The number of hydrogen-bond donors (Lipinski definition) is 0. The van der Waals surface area contributed by atoms with Crippen molar-refractivity contribution in [2.75, 3.05) is 0 Å². The summed E-state index contributed by atoms with van der Waals surface area (Å²) in [6, 6.07) is 1.70. The minimum atomic E-state index is 0.447. The van der Waals surface area contributed by atoms with Crippen molar-refractivity contribution in [1.82, 2.24) is 0 Å². The molecule has 0 radical (unpaired) electrons. The third kappa shape index (κ3) is 3.07. The molecular formula is C12H11ClN2O2. The predicted molar refractivity (Wildman–Crippen MR) is 69.4 cm³/mol. The maximum atomic E-state index is 10.3. The van der Waals surface area contributed by atoms with Gasteiger partial charge in [-0.15, -0.1) is 0 Å². The second kappa shape index (κ2) is 6.06. The first-order valence-corrected chi connectivity index (χ1v) is 5.25. The Balaban J connectivity index is 3.41. The Morgan fingerprint density at radius 2 is 1.59 bits per heavy atom. The van der Waals surface area contributed by atoms with Crippen molar-refractivity contribution in [3.05, 3.63) is 22.2 Å². The van der Waals surface area contributed by atoms with Gasteiger partial charge < -0.3 is 0 Å². The number of rotatable bonds is 4. The zero-order valence-corrected chi connectivity index (χ0v) is 10.2. The Bertz CT molecular complexity index is 465. The van der Waals surface area contributed by atoms with Crippen molar-refractivity contribution in [3.63, 3.8) is 0 Å². The number of benzene rings is 1. The molecule has 88 valence electrons. The molecule has 1 aromatic carbocycles. The maximum absolute atomic E-state index is 10.3. The van der Waals surface area contributed by atoms with Crippen LogP contribution in [-0.2, 0) is 9.59 Å². The molecule has 0 aliphatic rings. The Hall–Kier alpha value is -1.81. The van der Waals surface area contributed by atoms with Crippen LogP contribution in [0.5, 0.6) is 0 Å². The molecule has 0 atom stereocenters. The molecule has 0 aliphatic carbocycles. The third-order valence-electron chi connectivity index (χ3n) is 2.18. The molecule has 0 fully saturated rings. The van der Waals surface area contributed by atoms with E-state index in [1.165, 1.54) is 0 Å². The summed E-state index contributed by atoms with van der Waals surface area (Å²) in [6.07, 6.45) is 3.46. The standard InChI is InChI=1S/C12H11ClN2O2/c1-8-7-10(13)12(15-4-6-17)9(2)11(8)14-3-5-16/h3-7H,1-2H3. The molecule has 1 rings (SSSR count). The fraction of sp³-hybridized carbons (Fsp3) is 0.167. The average Bonchev–Trinajstić information content (AvgIpc) is 2.28. The summed E-state index contributed by atoms with van der Waals surface area (Å²) < 4.78 is 0. The van der Waals surface area contributed by atoms with Gasteiger partial charge in [0, 0.05) is 5.56 Å². The highest BCUT2D eigenvalue weighted by molar-refractivity contribution is 6.33. The van der Waals surface area contributed by atoms with E-state index in [0.29, 0.717) is 29.0 Å². The monoisotopic (exact) mass is 250 g/mol. The topological polar surface area (TPSA) is 58.9 Å². The van der Waals surface area contributed by atoms with Crippen LogP contribution in [0.3, 0.4) is 0 Å². The molecule has 0 aliphatic heterocycles. The summed E-state index contributed by atoms with van der Waals surface area (Å²) in [5, 5.41) is 0.447. The average molecular weight is 251 g/mol. The lowest BCUT2D eigenvalue weighted by atomic mass is 10.1. The van der Waals surface area contributed by atoms with Gasteiger partial charge in [-0.1, -0.05) is 11.6 Å². The molecule has 0 saturated carbocycles. The van der Waals surface area contributed by atoms with E-state index in [0.717, 1.165) is 23.6 Å². The van der Waals surface area contributed by atoms with E-state index < -0.39 is 0 Å². The van der Waals surface area contributed by atoms with E-state index in [-0.39, 0.29) is 0 Å². The lowest BCUT2D eigenvalue weighted by Gasteiger charge is -2.09. The van der Waals surface area contributed by atoms with Gasteiger partial charge >= 0.3 is 0 Å². The first kappa shape index (κ1) is 13.3. The Morgan fingerprint density at radius 1 is 1.06 bits per heavy atom. The molecule has 5 heteroatoms. The molecule has 0 bridgehead atoms. The Morgan fingerprint density at radius 3 is 2.12 bits per heavy atom. The van der Waals surface area contributed by atoms with Crippen LogP contribution in [0, 0.1) is 13.8 Å². The van der Waals surface area contributed by atoms with Crippen molar-refractivity contribution in [1.29, 1.82) is 0 Å². The van der Waals surface area contributed by atoms with Crippen LogP contribution >= 0.6 is 11.6 Å². The van der Waals surface area contributed by atoms with E-state index in [1.54, 1.807) is 13.0 Å². The van der Waals surface area contributed by atoms with E-state index in [2.05, 4.69) is 9.98 Å². The number of halogens is 1. The molecule has 4 nitrogen and oxygen atoms in total. The third-order valence-corrected chi connectivity index (χ3v) is 2.47. The molecule has 0 heterocycles. The zero-order chi connectivity index (χ0) is 12.8. The highest BCUT2D eigenvalue weighted by Gasteiger charge is 2.10. The fourth-order valence-electron chi connectivity index (χ4n) is 1.48. The van der Waals surface area contributed by atoms with Crippen LogP contribution < -0.4 is 0 Å². The number of carbonyl (C=O) groups is 2. The Kier molecular flexibility index (Phi) is 4.72. The molecule has 0 unspecified atom stereocenters. The quantitative estimate of drug-likeness (QED) is 0.609. The van der Waals surface area contributed by atoms with E-state index in [9.17, 15) is 9.59 Å². The summed E-state index contributed by atoms with van der Waals surface area (Å²) >= 11 is 6.03. The minimum Gasteiger partial charge on any atom is -0.297 e. The van der Waals surface area contributed by atoms with E-state index in [1.807, 2.05) is 6.92 Å². The largest absolute Gasteiger partial charge is 0.297 e. The van der Waals surface area contributed by atoms with Crippen LogP contribution in [-0.4, -0.2) is 25.0 Å². The molecule has 0 spiro atoms. The van der Waals surface area contributed by atoms with Gasteiger partial charge in [0.1, 0.15) is 0 Å². The number of aryl methyl sites for hydroxylation is 1. The first-order chi connectivity index (χ1) is 8.11. The van der Waals surface area contributed by atoms with E-state index in [4.69, 9.17) is 11.6 Å². The van der Waals surface area contributed by atoms with Gasteiger partial charge in [0.2, 0.25) is 0 Å². The molecule has 0 aromatic heterocycles. The summed E-state index contributed by atoms with van der Waals surface area (Å²) in [7, 11) is 0. The minimum absolute atomic E-state index is 0.447. The highest BCUT2D eigenvalue weighted by atomic mass is 35.5. The van der Waals surface area contributed by atoms with Crippen LogP contribution in [0.25, 0.3) is 0 Å². The van der Waals surface area contributed by atoms with Gasteiger partial charge in [-0.25, -0.2) is 0 Å². The molecule has 17 heavy (non-hydrogen) atoms. The lowest BCUT2D eigenvalue weighted by Crippen LogP contribution is -1.86. The van der Waals surface area contributed by atoms with Gasteiger partial charge in [0.25, 0.3) is 0 Å². The molecule has 0 amide bonds. The number of carbonyl (C=O) groups excluding carboxylic acids is 2. The smallest absolute Gasteiger partial charge is 0.161 e. The van der Waals surface area contributed by atoms with Gasteiger partial charge in [-0.05, 0) is 25.5 Å². The van der Waals surface area contributed by atoms with Gasteiger partial charge in [-0.2, -0.15) is 0 Å². The van der Waals surface area contributed by atoms with Crippen LogP contribution in [0.1, 0.15) is 11.1 Å². The van der Waals surface area contributed by atoms with Gasteiger partial charge in [-0.3, -0.25) is 19.6 Å². The van der Waals surface area contributed by atoms with Crippen molar-refractivity contribution >= 4 is 48.0 Å². The second-order valence-electron chi connectivity index (χ2n) is 3.33. The van der Waals surface area contributed by atoms with Crippen LogP contribution in [0.4, 0.5) is 11.4 Å². The van der Waals surface area contributed by atoms with Crippen LogP contribution in [0.2, 0.25) is 5.02 Å².